The highest BCUT2D eigenvalue weighted by Gasteiger charge is 2.15. The van der Waals surface area contributed by atoms with Crippen molar-refractivity contribution < 1.29 is 8.42 Å². The van der Waals surface area contributed by atoms with Crippen molar-refractivity contribution in [2.75, 3.05) is 0 Å². The fourth-order valence-electron chi connectivity index (χ4n) is 1.20. The van der Waals surface area contributed by atoms with E-state index in [0.29, 0.717) is 5.69 Å². The summed E-state index contributed by atoms with van der Waals surface area (Å²) in [5, 5.41) is -0.0108. The van der Waals surface area contributed by atoms with Crippen LogP contribution in [0.25, 0.3) is 0 Å². The Morgan fingerprint density at radius 2 is 1.79 bits per heavy atom. The van der Waals surface area contributed by atoms with Crippen molar-refractivity contribution in [2.45, 2.75) is 18.4 Å². The molecule has 0 saturated carbocycles. The predicted molar refractivity (Wildman–Crippen MR) is 67.8 cm³/mol. The van der Waals surface area contributed by atoms with Crippen LogP contribution in [0.4, 0.5) is 0 Å². The quantitative estimate of drug-likeness (QED) is 0.835. The molecule has 1 N–H and O–H groups in total. The molecule has 0 aliphatic heterocycles. The average molecular weight is 300 g/mol. The second-order valence-corrected chi connectivity index (χ2v) is 5.77. The van der Waals surface area contributed by atoms with Crippen molar-refractivity contribution in [3.8, 4) is 0 Å². The third kappa shape index (κ3) is 3.66. The summed E-state index contributed by atoms with van der Waals surface area (Å²) in [5.74, 6) is 0. The van der Waals surface area contributed by atoms with Gasteiger partial charge in [0.05, 0.1) is 36.5 Å². The minimum absolute atomic E-state index is 0.0108. The van der Waals surface area contributed by atoms with E-state index in [9.17, 15) is 8.42 Å². The topological polar surface area (TPSA) is 97.7 Å². The lowest BCUT2D eigenvalue weighted by Crippen LogP contribution is -2.24. The first-order chi connectivity index (χ1) is 8.97. The lowest BCUT2D eigenvalue weighted by atomic mass is 10.4. The van der Waals surface area contributed by atoms with E-state index < -0.39 is 10.0 Å². The van der Waals surface area contributed by atoms with Crippen molar-refractivity contribution in [2.24, 2.45) is 0 Å². The molecule has 0 aliphatic rings. The van der Waals surface area contributed by atoms with Crippen LogP contribution in [-0.2, 0) is 16.6 Å². The minimum Gasteiger partial charge on any atom is -0.258 e. The fraction of sp³-hybridized carbons (Fsp3) is 0.200. The lowest BCUT2D eigenvalue weighted by molar-refractivity contribution is 0.579. The second kappa shape index (κ2) is 5.55. The summed E-state index contributed by atoms with van der Waals surface area (Å²) >= 11 is 5.49. The molecule has 0 atom stereocenters. The Balaban J connectivity index is 2.09. The zero-order valence-electron chi connectivity index (χ0n) is 9.91. The number of nitrogens with one attached hydrogen (secondary N) is 1. The molecule has 7 nitrogen and oxygen atoms in total. The zero-order valence-corrected chi connectivity index (χ0v) is 11.5. The number of hydrogen-bond acceptors (Lipinski definition) is 6. The van der Waals surface area contributed by atoms with Crippen LogP contribution in [-0.4, -0.2) is 28.4 Å². The molecule has 0 saturated heterocycles. The van der Waals surface area contributed by atoms with E-state index in [1.165, 1.54) is 6.20 Å². The largest absolute Gasteiger partial charge is 0.258 e. The maximum absolute atomic E-state index is 11.9. The highest BCUT2D eigenvalue weighted by atomic mass is 35.5. The normalized spacial score (nSPS) is 11.5. The summed E-state index contributed by atoms with van der Waals surface area (Å²) in [6.07, 6.45) is 5.35. The summed E-state index contributed by atoms with van der Waals surface area (Å²) in [4.78, 5) is 15.3. The molecule has 19 heavy (non-hydrogen) atoms. The van der Waals surface area contributed by atoms with Crippen LogP contribution in [0.5, 0.6) is 0 Å². The first-order valence-electron chi connectivity index (χ1n) is 5.22. The molecule has 2 aromatic rings. The molecule has 2 heterocycles. The van der Waals surface area contributed by atoms with Gasteiger partial charge in [0.25, 0.3) is 0 Å². The van der Waals surface area contributed by atoms with Gasteiger partial charge in [-0.2, -0.15) is 0 Å². The molecule has 0 spiro atoms. The molecule has 9 heteroatoms. The van der Waals surface area contributed by atoms with E-state index in [4.69, 9.17) is 11.6 Å². The van der Waals surface area contributed by atoms with E-state index in [-0.39, 0.29) is 16.7 Å². The predicted octanol–water partition coefficient (Wildman–Crippen LogP) is 0.707. The minimum atomic E-state index is -3.69. The van der Waals surface area contributed by atoms with Gasteiger partial charge < -0.3 is 0 Å². The van der Waals surface area contributed by atoms with E-state index in [0.717, 1.165) is 18.1 Å². The Morgan fingerprint density at radius 3 is 2.37 bits per heavy atom. The van der Waals surface area contributed by atoms with Crippen LogP contribution < -0.4 is 4.72 Å². The standard InChI is InChI=1S/C10H10ClN5O2S/c1-7-2-13-8(3-12-7)4-16-19(17,18)9-5-14-10(11)15-6-9/h2-3,5-6,16H,4H2,1H3. The zero-order chi connectivity index (χ0) is 13.9. The van der Waals surface area contributed by atoms with E-state index in [1.807, 2.05) is 0 Å². The Labute approximate surface area is 115 Å². The molecule has 100 valence electrons. The molecule has 0 amide bonds. The Hall–Kier alpha value is -1.64. The summed E-state index contributed by atoms with van der Waals surface area (Å²) in [6.45, 7) is 1.84. The number of aryl methyl sites for hydroxylation is 1. The van der Waals surface area contributed by atoms with E-state index >= 15 is 0 Å². The van der Waals surface area contributed by atoms with Crippen molar-refractivity contribution in [1.82, 2.24) is 24.7 Å². The summed E-state index contributed by atoms with van der Waals surface area (Å²) in [6, 6.07) is 0. The van der Waals surface area contributed by atoms with Crippen LogP contribution in [0.15, 0.2) is 29.7 Å². The molecule has 0 aromatic carbocycles. The monoisotopic (exact) mass is 299 g/mol. The number of nitrogens with zero attached hydrogens (tertiary/aromatic N) is 4. The van der Waals surface area contributed by atoms with Crippen LogP contribution in [0, 0.1) is 6.92 Å². The van der Waals surface area contributed by atoms with Gasteiger partial charge in [0.2, 0.25) is 15.3 Å². The first kappa shape index (κ1) is 13.8. The Morgan fingerprint density at radius 1 is 1.11 bits per heavy atom. The molecule has 2 rings (SSSR count). The van der Waals surface area contributed by atoms with Crippen molar-refractivity contribution in [3.63, 3.8) is 0 Å². The number of rotatable bonds is 4. The van der Waals surface area contributed by atoms with Gasteiger partial charge in [-0.25, -0.2) is 23.1 Å². The highest BCUT2D eigenvalue weighted by Crippen LogP contribution is 2.08. The van der Waals surface area contributed by atoms with Gasteiger partial charge >= 0.3 is 0 Å². The molecular formula is C10H10ClN5O2S. The lowest BCUT2D eigenvalue weighted by Gasteiger charge is -2.05. The third-order valence-electron chi connectivity index (χ3n) is 2.18. The van der Waals surface area contributed by atoms with Gasteiger partial charge in [0.1, 0.15) is 4.90 Å². The molecule has 0 unspecified atom stereocenters. The molecule has 0 bridgehead atoms. The van der Waals surface area contributed by atoms with Gasteiger partial charge in [-0.05, 0) is 18.5 Å². The second-order valence-electron chi connectivity index (χ2n) is 3.66. The number of sulfonamides is 1. The molecule has 0 radical (unpaired) electrons. The van der Waals surface area contributed by atoms with Gasteiger partial charge in [-0.3, -0.25) is 9.97 Å². The van der Waals surface area contributed by atoms with Crippen LogP contribution in [0.3, 0.4) is 0 Å². The SMILES string of the molecule is Cc1cnc(CNS(=O)(=O)c2cnc(Cl)nc2)cn1. The average Bonchev–Trinajstić information content (AvgIpc) is 2.39. The molecule has 2 aromatic heterocycles. The molecule has 0 aliphatic carbocycles. The van der Waals surface area contributed by atoms with Gasteiger partial charge in [-0.1, -0.05) is 0 Å². The summed E-state index contributed by atoms with van der Waals surface area (Å²) in [5.41, 5.74) is 1.28. The van der Waals surface area contributed by atoms with Crippen molar-refractivity contribution in [3.05, 3.63) is 41.5 Å². The van der Waals surface area contributed by atoms with E-state index in [2.05, 4.69) is 24.7 Å². The first-order valence-corrected chi connectivity index (χ1v) is 7.08. The number of halogens is 1. The molecular weight excluding hydrogens is 290 g/mol. The van der Waals surface area contributed by atoms with Crippen molar-refractivity contribution >= 4 is 21.6 Å². The third-order valence-corrected chi connectivity index (χ3v) is 3.74. The van der Waals surface area contributed by atoms with Crippen LogP contribution >= 0.6 is 11.6 Å². The smallest absolute Gasteiger partial charge is 0.243 e. The van der Waals surface area contributed by atoms with Gasteiger partial charge in [0.15, 0.2) is 0 Å². The van der Waals surface area contributed by atoms with Gasteiger partial charge in [0, 0.05) is 6.20 Å². The number of hydrogen-bond donors (Lipinski definition) is 1. The summed E-state index contributed by atoms with van der Waals surface area (Å²) < 4.78 is 26.2. The van der Waals surface area contributed by atoms with Gasteiger partial charge in [-0.15, -0.1) is 0 Å². The maximum Gasteiger partial charge on any atom is 0.243 e. The highest BCUT2D eigenvalue weighted by molar-refractivity contribution is 7.89. The van der Waals surface area contributed by atoms with Crippen molar-refractivity contribution in [1.29, 1.82) is 0 Å². The Kier molecular flexibility index (Phi) is 4.03. The van der Waals surface area contributed by atoms with E-state index in [1.54, 1.807) is 13.1 Å². The van der Waals surface area contributed by atoms with Crippen LogP contribution in [0.2, 0.25) is 5.28 Å². The maximum atomic E-state index is 11.9. The Bertz CT molecular complexity index is 657. The summed E-state index contributed by atoms with van der Waals surface area (Å²) in [7, 11) is -3.69. The fourth-order valence-corrected chi connectivity index (χ4v) is 2.19. The van der Waals surface area contributed by atoms with Crippen LogP contribution in [0.1, 0.15) is 11.4 Å². The number of aromatic nitrogens is 4. The molecule has 0 fully saturated rings.